The van der Waals surface area contributed by atoms with Crippen molar-refractivity contribution in [2.24, 2.45) is 0 Å². The van der Waals surface area contributed by atoms with Crippen molar-refractivity contribution in [3.8, 4) is 0 Å². The molecular formula is C7H5ClO2Se. The third kappa shape index (κ3) is 1.25. The molecule has 4 heteroatoms. The van der Waals surface area contributed by atoms with Gasteiger partial charge >= 0.3 is 73.3 Å². The van der Waals surface area contributed by atoms with Crippen LogP contribution >= 0.6 is 11.6 Å². The van der Waals surface area contributed by atoms with E-state index in [4.69, 9.17) is 15.4 Å². The summed E-state index contributed by atoms with van der Waals surface area (Å²) in [5, 5.41) is 0.674. The zero-order valence-corrected chi connectivity index (χ0v) is 8.01. The quantitative estimate of drug-likeness (QED) is 0.627. The fourth-order valence-corrected chi connectivity index (χ4v) is 3.03. The number of halogens is 1. The van der Waals surface area contributed by atoms with Gasteiger partial charge in [-0.3, -0.25) is 0 Å². The van der Waals surface area contributed by atoms with Crippen molar-refractivity contribution in [3.63, 3.8) is 0 Å². The van der Waals surface area contributed by atoms with Crippen molar-refractivity contribution in [1.82, 2.24) is 0 Å². The summed E-state index contributed by atoms with van der Waals surface area (Å²) >= 11 is 3.58. The molecule has 1 aromatic rings. The first-order valence-corrected chi connectivity index (χ1v) is 5.74. The summed E-state index contributed by atoms with van der Waals surface area (Å²) in [5.41, 5.74) is 0.970. The third-order valence-electron chi connectivity index (χ3n) is 1.52. The van der Waals surface area contributed by atoms with Gasteiger partial charge in [0.2, 0.25) is 0 Å². The van der Waals surface area contributed by atoms with Gasteiger partial charge in [-0.2, -0.15) is 0 Å². The first kappa shape index (κ1) is 7.44. The normalized spacial score (nSPS) is 21.7. The van der Waals surface area contributed by atoms with E-state index in [1.54, 1.807) is 18.2 Å². The van der Waals surface area contributed by atoms with E-state index in [0.717, 1.165) is 10.0 Å². The number of benzene rings is 1. The van der Waals surface area contributed by atoms with Crippen LogP contribution in [0.15, 0.2) is 18.2 Å². The van der Waals surface area contributed by atoms with Crippen LogP contribution < -0.4 is 4.46 Å². The fraction of sp³-hybridized carbons (Fsp3) is 0.143. The number of hydrogen-bond donors (Lipinski definition) is 0. The molecule has 0 bridgehead atoms. The van der Waals surface area contributed by atoms with Crippen molar-refractivity contribution in [3.05, 3.63) is 28.8 Å². The maximum atomic E-state index is 11.1. The molecule has 0 amide bonds. The van der Waals surface area contributed by atoms with Crippen LogP contribution in [0.3, 0.4) is 0 Å². The van der Waals surface area contributed by atoms with Crippen LogP contribution in [-0.2, 0) is 14.3 Å². The molecule has 0 aromatic heterocycles. The second-order valence-corrected chi connectivity index (χ2v) is 5.09. The molecule has 0 saturated heterocycles. The standard InChI is InChI=1S/C7H5ClO2Se/c8-6-1-2-7-5(3-6)4-10-11(7)9/h1-3H,4H2. The van der Waals surface area contributed by atoms with E-state index in [9.17, 15) is 3.83 Å². The molecule has 0 saturated carbocycles. The molecule has 0 radical (unpaired) electrons. The van der Waals surface area contributed by atoms with Crippen LogP contribution in [0.25, 0.3) is 0 Å². The molecule has 2 rings (SSSR count). The molecule has 1 heterocycles. The van der Waals surface area contributed by atoms with Gasteiger partial charge in [0.15, 0.2) is 0 Å². The predicted octanol–water partition coefficient (Wildman–Crippen LogP) is 0.996. The van der Waals surface area contributed by atoms with E-state index in [1.807, 2.05) is 0 Å². The SMILES string of the molecule is O=[Se]1OCc2cc(Cl)ccc21. The Bertz CT molecular complexity index is 324. The van der Waals surface area contributed by atoms with Crippen molar-refractivity contribution >= 4 is 30.2 Å². The summed E-state index contributed by atoms with van der Waals surface area (Å²) in [6.07, 6.45) is 0. The van der Waals surface area contributed by atoms with Gasteiger partial charge in [-0.1, -0.05) is 0 Å². The molecule has 1 aliphatic heterocycles. The molecule has 1 unspecified atom stereocenters. The maximum absolute atomic E-state index is 11.1. The van der Waals surface area contributed by atoms with Gasteiger partial charge in [0.05, 0.1) is 0 Å². The Kier molecular flexibility index (Phi) is 1.81. The van der Waals surface area contributed by atoms with Gasteiger partial charge < -0.3 is 0 Å². The van der Waals surface area contributed by atoms with Crippen molar-refractivity contribution in [2.75, 3.05) is 0 Å². The van der Waals surface area contributed by atoms with Gasteiger partial charge in [-0.05, 0) is 0 Å². The Labute approximate surface area is 73.5 Å². The molecule has 58 valence electrons. The molecule has 0 fully saturated rings. The van der Waals surface area contributed by atoms with Crippen LogP contribution in [0, 0.1) is 0 Å². The van der Waals surface area contributed by atoms with Crippen LogP contribution in [0.5, 0.6) is 0 Å². The van der Waals surface area contributed by atoms with E-state index < -0.39 is 14.2 Å². The molecule has 2 nitrogen and oxygen atoms in total. The van der Waals surface area contributed by atoms with E-state index in [1.165, 1.54) is 0 Å². The average molecular weight is 236 g/mol. The first-order chi connectivity index (χ1) is 5.27. The van der Waals surface area contributed by atoms with Crippen LogP contribution in [-0.4, -0.2) is 14.2 Å². The summed E-state index contributed by atoms with van der Waals surface area (Å²) in [6.45, 7) is 0.448. The molecule has 0 aliphatic carbocycles. The molecule has 0 N–H and O–H groups in total. The van der Waals surface area contributed by atoms with Gasteiger partial charge in [0.25, 0.3) is 0 Å². The summed E-state index contributed by atoms with van der Waals surface area (Å²) in [4.78, 5) is 0. The molecule has 1 aromatic carbocycles. The average Bonchev–Trinajstić information content (AvgIpc) is 2.32. The Morgan fingerprint density at radius 1 is 1.55 bits per heavy atom. The third-order valence-corrected chi connectivity index (χ3v) is 4.04. The zero-order valence-electron chi connectivity index (χ0n) is 5.54. The zero-order chi connectivity index (χ0) is 7.84. The molecule has 1 aliphatic rings. The number of rotatable bonds is 0. The topological polar surface area (TPSA) is 26.3 Å². The van der Waals surface area contributed by atoms with Gasteiger partial charge in [0.1, 0.15) is 0 Å². The van der Waals surface area contributed by atoms with Crippen LogP contribution in [0.2, 0.25) is 5.02 Å². The summed E-state index contributed by atoms with van der Waals surface area (Å²) in [7, 11) is 0. The van der Waals surface area contributed by atoms with E-state index >= 15 is 0 Å². The van der Waals surface area contributed by atoms with Gasteiger partial charge in [0, 0.05) is 0 Å². The fourth-order valence-electron chi connectivity index (χ4n) is 1.00. The van der Waals surface area contributed by atoms with E-state index in [0.29, 0.717) is 11.6 Å². The van der Waals surface area contributed by atoms with Crippen molar-refractivity contribution in [2.45, 2.75) is 6.61 Å². The Morgan fingerprint density at radius 3 is 3.18 bits per heavy atom. The minimum absolute atomic E-state index is 0.448. The van der Waals surface area contributed by atoms with Gasteiger partial charge in [-0.25, -0.2) is 0 Å². The minimum atomic E-state index is -2.15. The predicted molar refractivity (Wildman–Crippen MR) is 42.3 cm³/mol. The number of fused-ring (bicyclic) bond motifs is 1. The van der Waals surface area contributed by atoms with E-state index in [-0.39, 0.29) is 0 Å². The molecular weight excluding hydrogens is 230 g/mol. The molecule has 1 atom stereocenters. The number of hydrogen-bond acceptors (Lipinski definition) is 2. The van der Waals surface area contributed by atoms with Gasteiger partial charge in [-0.15, -0.1) is 0 Å². The second kappa shape index (κ2) is 2.68. The van der Waals surface area contributed by atoms with Crippen LogP contribution in [0.4, 0.5) is 0 Å². The summed E-state index contributed by atoms with van der Waals surface area (Å²) < 4.78 is 17.0. The Hall–Kier alpha value is -0.211. The Balaban J connectivity index is 2.59. The summed E-state index contributed by atoms with van der Waals surface area (Å²) in [6, 6.07) is 5.32. The Morgan fingerprint density at radius 2 is 2.36 bits per heavy atom. The monoisotopic (exact) mass is 236 g/mol. The van der Waals surface area contributed by atoms with Crippen LogP contribution in [0.1, 0.15) is 5.56 Å². The second-order valence-electron chi connectivity index (χ2n) is 2.25. The first-order valence-electron chi connectivity index (χ1n) is 3.11. The summed E-state index contributed by atoms with van der Waals surface area (Å²) in [5.74, 6) is 0. The molecule has 0 spiro atoms. The van der Waals surface area contributed by atoms with Crippen molar-refractivity contribution in [1.29, 1.82) is 0 Å². The van der Waals surface area contributed by atoms with Crippen molar-refractivity contribution < 1.29 is 7.65 Å². The molecule has 11 heavy (non-hydrogen) atoms. The van der Waals surface area contributed by atoms with E-state index in [2.05, 4.69) is 0 Å².